The molecule has 0 aliphatic heterocycles. The highest BCUT2D eigenvalue weighted by molar-refractivity contribution is 5.79. The quantitative estimate of drug-likeness (QED) is 0.516. The van der Waals surface area contributed by atoms with Crippen molar-refractivity contribution in [1.82, 2.24) is 4.90 Å². The van der Waals surface area contributed by atoms with Crippen molar-refractivity contribution in [1.29, 1.82) is 0 Å². The molecule has 0 aromatic heterocycles. The van der Waals surface area contributed by atoms with Crippen molar-refractivity contribution in [2.75, 3.05) is 6.54 Å². The minimum Gasteiger partial charge on any atom is -0.480 e. The standard InChI is InChI=1S/C6H8NO5/c1-4(6(11)12)7(3-8)2-5(9)10/h4H,2H2,1H3,(H,9,10)(H,11,12). The fraction of sp³-hybridized carbons (Fsp3) is 0.500. The molecule has 0 aliphatic carbocycles. The monoisotopic (exact) mass is 174 g/mol. The Hall–Kier alpha value is -1.59. The molecule has 6 heteroatoms. The molecule has 0 saturated heterocycles. The zero-order valence-corrected chi connectivity index (χ0v) is 6.35. The topological polar surface area (TPSA) is 94.9 Å². The Morgan fingerprint density at radius 1 is 1.50 bits per heavy atom. The third kappa shape index (κ3) is 3.00. The van der Waals surface area contributed by atoms with Crippen LogP contribution in [0.3, 0.4) is 0 Å². The van der Waals surface area contributed by atoms with E-state index in [0.29, 0.717) is 4.90 Å². The predicted molar refractivity (Wildman–Crippen MR) is 37.1 cm³/mol. The number of carbonyl (C=O) groups excluding carboxylic acids is 1. The molecule has 1 atom stereocenters. The van der Waals surface area contributed by atoms with Crippen LogP contribution >= 0.6 is 0 Å². The van der Waals surface area contributed by atoms with Crippen LogP contribution in [0.5, 0.6) is 0 Å². The molecule has 0 aromatic rings. The van der Waals surface area contributed by atoms with Gasteiger partial charge in [-0.1, -0.05) is 0 Å². The summed E-state index contributed by atoms with van der Waals surface area (Å²) < 4.78 is 0. The van der Waals surface area contributed by atoms with Crippen molar-refractivity contribution >= 4 is 18.3 Å². The summed E-state index contributed by atoms with van der Waals surface area (Å²) in [6.07, 6.45) is 1.24. The summed E-state index contributed by atoms with van der Waals surface area (Å²) in [7, 11) is 0. The molecule has 0 heterocycles. The van der Waals surface area contributed by atoms with Crippen molar-refractivity contribution in [2.45, 2.75) is 13.0 Å². The van der Waals surface area contributed by atoms with Gasteiger partial charge in [0, 0.05) is 0 Å². The number of hydrogen-bond acceptors (Lipinski definition) is 3. The second kappa shape index (κ2) is 4.32. The van der Waals surface area contributed by atoms with E-state index in [4.69, 9.17) is 10.2 Å². The smallest absolute Gasteiger partial charge is 0.326 e. The summed E-state index contributed by atoms with van der Waals surface area (Å²) in [6.45, 7) is 0.549. The van der Waals surface area contributed by atoms with Crippen LogP contribution in [0.4, 0.5) is 0 Å². The highest BCUT2D eigenvalue weighted by Gasteiger charge is 2.21. The maximum absolute atomic E-state index is 10.3. The van der Waals surface area contributed by atoms with Crippen LogP contribution < -0.4 is 0 Å². The maximum Gasteiger partial charge on any atom is 0.326 e. The third-order valence-corrected chi connectivity index (χ3v) is 1.25. The number of amides is 1. The Balaban J connectivity index is 4.23. The molecule has 0 fully saturated rings. The highest BCUT2D eigenvalue weighted by Crippen LogP contribution is 1.94. The average Bonchev–Trinajstić information content (AvgIpc) is 1.98. The predicted octanol–water partition coefficient (Wildman–Crippen LogP) is -1.09. The van der Waals surface area contributed by atoms with E-state index in [-0.39, 0.29) is 0 Å². The third-order valence-electron chi connectivity index (χ3n) is 1.25. The Labute approximate surface area is 68.4 Å². The van der Waals surface area contributed by atoms with Crippen molar-refractivity contribution in [3.05, 3.63) is 0 Å². The number of nitrogens with zero attached hydrogens (tertiary/aromatic N) is 1. The van der Waals surface area contributed by atoms with Gasteiger partial charge in [0.25, 0.3) is 0 Å². The molecule has 67 valence electrons. The SMILES string of the molecule is CC(C(=O)O)N([C]=O)CC(=O)O. The summed E-state index contributed by atoms with van der Waals surface area (Å²) >= 11 is 0. The van der Waals surface area contributed by atoms with E-state index in [0.717, 1.165) is 0 Å². The molecule has 1 unspecified atom stereocenters. The van der Waals surface area contributed by atoms with E-state index >= 15 is 0 Å². The van der Waals surface area contributed by atoms with Crippen LogP contribution in [0.1, 0.15) is 6.92 Å². The second-order valence-corrected chi connectivity index (χ2v) is 2.13. The molecule has 6 nitrogen and oxygen atoms in total. The molecule has 12 heavy (non-hydrogen) atoms. The normalized spacial score (nSPS) is 11.8. The van der Waals surface area contributed by atoms with Gasteiger partial charge in [0.15, 0.2) is 0 Å². The van der Waals surface area contributed by atoms with E-state index < -0.39 is 24.5 Å². The molecule has 0 rings (SSSR count). The number of aliphatic carboxylic acids is 2. The fourth-order valence-electron chi connectivity index (χ4n) is 0.527. The van der Waals surface area contributed by atoms with Crippen LogP contribution in [0.15, 0.2) is 0 Å². The second-order valence-electron chi connectivity index (χ2n) is 2.13. The molecule has 0 aliphatic rings. The molecular weight excluding hydrogens is 166 g/mol. The summed E-state index contributed by atoms with van der Waals surface area (Å²) in [4.78, 5) is 31.0. The zero-order valence-electron chi connectivity index (χ0n) is 6.35. The molecule has 0 bridgehead atoms. The van der Waals surface area contributed by atoms with E-state index in [1.165, 1.54) is 13.3 Å². The van der Waals surface area contributed by atoms with Gasteiger partial charge >= 0.3 is 18.3 Å². The molecule has 1 amide bonds. The van der Waals surface area contributed by atoms with Crippen LogP contribution in [-0.2, 0) is 14.4 Å². The van der Waals surface area contributed by atoms with Gasteiger partial charge in [-0.05, 0) is 6.92 Å². The first-order valence-corrected chi connectivity index (χ1v) is 3.08. The van der Waals surface area contributed by atoms with E-state index in [2.05, 4.69) is 0 Å². The van der Waals surface area contributed by atoms with Gasteiger partial charge in [0.05, 0.1) is 0 Å². The number of hydrogen-bond donors (Lipinski definition) is 2. The lowest BCUT2D eigenvalue weighted by Crippen LogP contribution is -2.41. The lowest BCUT2D eigenvalue weighted by atomic mass is 10.3. The van der Waals surface area contributed by atoms with Crippen LogP contribution in [-0.4, -0.2) is 46.0 Å². The Kier molecular flexibility index (Phi) is 3.75. The van der Waals surface area contributed by atoms with Crippen LogP contribution in [0.2, 0.25) is 0 Å². The van der Waals surface area contributed by atoms with E-state index in [1.807, 2.05) is 0 Å². The van der Waals surface area contributed by atoms with Crippen molar-refractivity contribution < 1.29 is 24.6 Å². The molecule has 0 aromatic carbocycles. The largest absolute Gasteiger partial charge is 0.480 e. The number of rotatable bonds is 5. The van der Waals surface area contributed by atoms with Crippen molar-refractivity contribution in [2.24, 2.45) is 0 Å². The molecule has 0 saturated carbocycles. The van der Waals surface area contributed by atoms with Crippen molar-refractivity contribution in [3.63, 3.8) is 0 Å². The summed E-state index contributed by atoms with van der Waals surface area (Å²) in [5.74, 6) is -2.54. The van der Waals surface area contributed by atoms with E-state index in [1.54, 1.807) is 0 Å². The zero-order chi connectivity index (χ0) is 9.72. The number of carboxylic acids is 2. The number of carbonyl (C=O) groups is 2. The molecule has 1 radical (unpaired) electrons. The Morgan fingerprint density at radius 3 is 2.25 bits per heavy atom. The lowest BCUT2D eigenvalue weighted by Gasteiger charge is -2.17. The van der Waals surface area contributed by atoms with Crippen molar-refractivity contribution in [3.8, 4) is 0 Å². The number of carboxylic acid groups (broad SMARTS) is 2. The van der Waals surface area contributed by atoms with Crippen LogP contribution in [0.25, 0.3) is 0 Å². The first-order chi connectivity index (χ1) is 5.49. The van der Waals surface area contributed by atoms with Crippen LogP contribution in [0, 0.1) is 0 Å². The summed E-state index contributed by atoms with van der Waals surface area (Å²) in [5.41, 5.74) is 0. The Bertz CT molecular complexity index is 202. The molecular formula is C6H8NO5. The molecule has 0 spiro atoms. The van der Waals surface area contributed by atoms with Gasteiger partial charge in [-0.2, -0.15) is 0 Å². The first-order valence-electron chi connectivity index (χ1n) is 3.08. The summed E-state index contributed by atoms with van der Waals surface area (Å²) in [5, 5.41) is 16.6. The van der Waals surface area contributed by atoms with E-state index in [9.17, 15) is 14.4 Å². The van der Waals surface area contributed by atoms with Gasteiger partial charge in [0.1, 0.15) is 12.6 Å². The Morgan fingerprint density at radius 2 is 2.00 bits per heavy atom. The molecule has 2 N–H and O–H groups in total. The van der Waals surface area contributed by atoms with Gasteiger partial charge in [0.2, 0.25) is 0 Å². The maximum atomic E-state index is 10.3. The summed E-state index contributed by atoms with van der Waals surface area (Å²) in [6, 6.07) is -1.17. The first kappa shape index (κ1) is 10.4. The van der Waals surface area contributed by atoms with Gasteiger partial charge in [-0.3, -0.25) is 9.59 Å². The van der Waals surface area contributed by atoms with Gasteiger partial charge in [-0.25, -0.2) is 4.79 Å². The van der Waals surface area contributed by atoms with Gasteiger partial charge in [-0.15, -0.1) is 0 Å². The minimum atomic E-state index is -1.27. The fourth-order valence-corrected chi connectivity index (χ4v) is 0.527. The van der Waals surface area contributed by atoms with Gasteiger partial charge < -0.3 is 15.1 Å². The minimum absolute atomic E-state index is 0.560. The highest BCUT2D eigenvalue weighted by atomic mass is 16.4. The lowest BCUT2D eigenvalue weighted by molar-refractivity contribution is -0.143. The average molecular weight is 174 g/mol.